The predicted octanol–water partition coefficient (Wildman–Crippen LogP) is 2.11. The topological polar surface area (TPSA) is 24.7 Å². The number of aliphatic imine (C=N–C) groups is 2. The maximum absolute atomic E-state index is 4.39. The Bertz CT molecular complexity index is 399. The Balaban J connectivity index is 0.000000980. The minimum atomic E-state index is 0. The summed E-state index contributed by atoms with van der Waals surface area (Å²) < 4.78 is 0. The van der Waals surface area contributed by atoms with Gasteiger partial charge < -0.3 is 0 Å². The molecule has 4 heteroatoms. The van der Waals surface area contributed by atoms with Crippen molar-refractivity contribution in [2.24, 2.45) is 9.98 Å². The molecular formula is C10H10N2SZn. The number of nitrogens with zero attached hydrogens (tertiary/aromatic N) is 2. The van der Waals surface area contributed by atoms with Gasteiger partial charge in [-0.1, -0.05) is 6.07 Å². The second-order valence-electron chi connectivity index (χ2n) is 3.00. The van der Waals surface area contributed by atoms with Crippen molar-refractivity contribution in [2.45, 2.75) is 11.8 Å². The minimum Gasteiger partial charge on any atom is -0.260 e. The summed E-state index contributed by atoms with van der Waals surface area (Å²) in [4.78, 5) is 9.36. The van der Waals surface area contributed by atoms with E-state index in [2.05, 4.69) is 22.6 Å². The van der Waals surface area contributed by atoms with Crippen LogP contribution in [0.1, 0.15) is 11.1 Å². The van der Waals surface area contributed by atoms with Crippen molar-refractivity contribution in [3.8, 4) is 0 Å². The third kappa shape index (κ3) is 2.31. The first-order valence-electron chi connectivity index (χ1n) is 4.14. The zero-order chi connectivity index (χ0) is 9.26. The fraction of sp³-hybridized carbons (Fsp3) is 0.200. The molecule has 0 amide bonds. The van der Waals surface area contributed by atoms with Gasteiger partial charge in [0.05, 0.1) is 6.54 Å². The number of hydrogen-bond donors (Lipinski definition) is 1. The smallest absolute Gasteiger partial charge is 0.155 e. The molecule has 0 aromatic heterocycles. The Morgan fingerprint density at radius 3 is 2.71 bits per heavy atom. The van der Waals surface area contributed by atoms with Gasteiger partial charge in [-0.3, -0.25) is 4.99 Å². The van der Waals surface area contributed by atoms with Gasteiger partial charge in [0.1, 0.15) is 0 Å². The Hall–Kier alpha value is -0.467. The van der Waals surface area contributed by atoms with E-state index >= 15 is 0 Å². The zero-order valence-electron chi connectivity index (χ0n) is 8.07. The van der Waals surface area contributed by atoms with Gasteiger partial charge in [0.2, 0.25) is 0 Å². The maximum Gasteiger partial charge on any atom is 0.155 e. The van der Waals surface area contributed by atoms with Crippen LogP contribution in [0.25, 0.3) is 0 Å². The largest absolute Gasteiger partial charge is 0.260 e. The first-order chi connectivity index (χ1) is 6.27. The van der Waals surface area contributed by atoms with Crippen LogP contribution in [-0.2, 0) is 19.5 Å². The zero-order valence-corrected chi connectivity index (χ0v) is 11.9. The van der Waals surface area contributed by atoms with Gasteiger partial charge in [-0.05, 0) is 24.6 Å². The summed E-state index contributed by atoms with van der Waals surface area (Å²) in [6, 6.07) is 6.08. The molecule has 0 saturated carbocycles. The summed E-state index contributed by atoms with van der Waals surface area (Å²) in [6.07, 6.45) is 1.81. The standard InChI is InChI=1S/C10H10N2S.Zn/c1-7-2-3-8(9(13)6-7)10-11-4-5-12-10;/h2-4,6,13H,5H2,1H3;. The van der Waals surface area contributed by atoms with Crippen LogP contribution in [0.4, 0.5) is 0 Å². The predicted molar refractivity (Wildman–Crippen MR) is 58.3 cm³/mol. The number of amidine groups is 1. The van der Waals surface area contributed by atoms with E-state index < -0.39 is 0 Å². The van der Waals surface area contributed by atoms with Gasteiger partial charge in [0, 0.05) is 36.2 Å². The van der Waals surface area contributed by atoms with E-state index in [0.29, 0.717) is 6.54 Å². The molecule has 0 radical (unpaired) electrons. The number of hydrogen-bond acceptors (Lipinski definition) is 3. The van der Waals surface area contributed by atoms with Gasteiger partial charge in [0.15, 0.2) is 5.84 Å². The van der Waals surface area contributed by atoms with Crippen molar-refractivity contribution in [2.75, 3.05) is 6.54 Å². The fourth-order valence-electron chi connectivity index (χ4n) is 1.28. The van der Waals surface area contributed by atoms with Crippen LogP contribution >= 0.6 is 12.6 Å². The maximum atomic E-state index is 4.39. The number of benzene rings is 1. The molecule has 0 N–H and O–H groups in total. The van der Waals surface area contributed by atoms with Gasteiger partial charge in [-0.25, -0.2) is 4.99 Å². The van der Waals surface area contributed by atoms with E-state index in [9.17, 15) is 0 Å². The Kier molecular flexibility index (Phi) is 4.02. The van der Waals surface area contributed by atoms with E-state index in [1.165, 1.54) is 5.56 Å². The first kappa shape index (κ1) is 11.6. The molecule has 1 aliphatic heterocycles. The quantitative estimate of drug-likeness (QED) is 0.587. The number of thiol groups is 1. The van der Waals surface area contributed by atoms with Gasteiger partial charge >= 0.3 is 0 Å². The second kappa shape index (κ2) is 4.85. The SMILES string of the molecule is Cc1ccc(C2=NCC=N2)c(S)c1.[Zn]. The molecule has 0 aliphatic carbocycles. The number of aryl methyl sites for hydroxylation is 1. The molecule has 0 saturated heterocycles. The van der Waals surface area contributed by atoms with E-state index in [-0.39, 0.29) is 19.5 Å². The molecule has 1 heterocycles. The van der Waals surface area contributed by atoms with Crippen LogP contribution in [0.5, 0.6) is 0 Å². The number of rotatable bonds is 1. The molecule has 0 spiro atoms. The van der Waals surface area contributed by atoms with Crippen molar-refractivity contribution in [1.29, 1.82) is 0 Å². The van der Waals surface area contributed by atoms with Crippen LogP contribution in [0.3, 0.4) is 0 Å². The minimum absolute atomic E-state index is 0. The molecule has 0 fully saturated rings. The summed E-state index contributed by atoms with van der Waals surface area (Å²) in [5.41, 5.74) is 2.22. The Labute approximate surface area is 102 Å². The molecule has 14 heavy (non-hydrogen) atoms. The van der Waals surface area contributed by atoms with Crippen LogP contribution < -0.4 is 0 Å². The molecule has 1 aromatic carbocycles. The van der Waals surface area contributed by atoms with E-state index in [1.54, 1.807) is 0 Å². The molecule has 2 nitrogen and oxygen atoms in total. The van der Waals surface area contributed by atoms with Crippen LogP contribution in [0.15, 0.2) is 33.1 Å². The van der Waals surface area contributed by atoms with E-state index in [0.717, 1.165) is 16.3 Å². The fourth-order valence-corrected chi connectivity index (χ4v) is 1.66. The molecule has 0 unspecified atom stereocenters. The second-order valence-corrected chi connectivity index (χ2v) is 3.48. The van der Waals surface area contributed by atoms with Crippen molar-refractivity contribution in [1.82, 2.24) is 0 Å². The van der Waals surface area contributed by atoms with Crippen molar-refractivity contribution >= 4 is 24.7 Å². The third-order valence-corrected chi connectivity index (χ3v) is 2.30. The van der Waals surface area contributed by atoms with Gasteiger partial charge in [-0.15, -0.1) is 12.6 Å². The average Bonchev–Trinajstić information content (AvgIpc) is 2.56. The third-order valence-electron chi connectivity index (χ3n) is 1.93. The van der Waals surface area contributed by atoms with Crippen molar-refractivity contribution in [3.63, 3.8) is 0 Å². The summed E-state index contributed by atoms with van der Waals surface area (Å²) in [5.74, 6) is 0.796. The molecule has 1 aliphatic rings. The van der Waals surface area contributed by atoms with E-state index in [4.69, 9.17) is 0 Å². The van der Waals surface area contributed by atoms with Gasteiger partial charge in [-0.2, -0.15) is 0 Å². The first-order valence-corrected chi connectivity index (χ1v) is 4.59. The molecule has 68 valence electrons. The van der Waals surface area contributed by atoms with Crippen LogP contribution in [0, 0.1) is 6.92 Å². The molecular weight excluding hydrogens is 246 g/mol. The molecule has 1 aromatic rings. The normalized spacial score (nSPS) is 13.7. The molecule has 2 rings (SSSR count). The summed E-state index contributed by atoms with van der Waals surface area (Å²) in [5, 5.41) is 0. The summed E-state index contributed by atoms with van der Waals surface area (Å²) in [7, 11) is 0. The van der Waals surface area contributed by atoms with Gasteiger partial charge in [0.25, 0.3) is 0 Å². The average molecular weight is 256 g/mol. The monoisotopic (exact) mass is 254 g/mol. The van der Waals surface area contributed by atoms with Crippen molar-refractivity contribution in [3.05, 3.63) is 29.3 Å². The van der Waals surface area contributed by atoms with Crippen LogP contribution in [0.2, 0.25) is 0 Å². The molecule has 0 atom stereocenters. The summed E-state index contributed by atoms with van der Waals surface area (Å²) >= 11 is 4.39. The van der Waals surface area contributed by atoms with Crippen LogP contribution in [-0.4, -0.2) is 18.6 Å². The van der Waals surface area contributed by atoms with E-state index in [1.807, 2.05) is 31.3 Å². The molecule has 0 bridgehead atoms. The Morgan fingerprint density at radius 2 is 2.14 bits per heavy atom. The Morgan fingerprint density at radius 1 is 1.36 bits per heavy atom. The summed E-state index contributed by atoms with van der Waals surface area (Å²) in [6.45, 7) is 2.74. The van der Waals surface area contributed by atoms with Crippen molar-refractivity contribution < 1.29 is 19.5 Å².